The van der Waals surface area contributed by atoms with Crippen molar-refractivity contribution in [3.8, 4) is 0 Å². The quantitative estimate of drug-likeness (QED) is 0.864. The second-order valence-electron chi connectivity index (χ2n) is 6.78. The second kappa shape index (κ2) is 6.07. The lowest BCUT2D eigenvalue weighted by atomic mass is 9.95. The number of anilines is 1. The highest BCUT2D eigenvalue weighted by Gasteiger charge is 2.30. The molecule has 0 aromatic carbocycles. The van der Waals surface area contributed by atoms with E-state index in [1.165, 1.54) is 0 Å². The highest BCUT2D eigenvalue weighted by atomic mass is 16.6. The first-order valence-electron chi connectivity index (χ1n) is 7.71. The van der Waals surface area contributed by atoms with E-state index in [0.717, 1.165) is 22.4 Å². The summed E-state index contributed by atoms with van der Waals surface area (Å²) < 4.78 is 16.4. The normalized spacial score (nSPS) is 19.9. The average molecular weight is 322 g/mol. The zero-order chi connectivity index (χ0) is 16.6. The van der Waals surface area contributed by atoms with Crippen LogP contribution in [0.3, 0.4) is 0 Å². The molecule has 0 fully saturated rings. The summed E-state index contributed by atoms with van der Waals surface area (Å²) in [6, 6.07) is 0. The van der Waals surface area contributed by atoms with Crippen LogP contribution in [0.4, 0.5) is 10.6 Å². The molecule has 3 heterocycles. The molecule has 1 aromatic rings. The zero-order valence-electron chi connectivity index (χ0n) is 13.6. The standard InChI is InChI=1S/C16H22N2O5/c1-16(2,3)23-15(20)18-14-12-7-21-6-11(12)10-4-9(5-19)22-8-13(10)17-14/h9,19H,4-8H2,1-3H3,(H,17,18,20)/t9-/m1/s1. The van der Waals surface area contributed by atoms with Crippen LogP contribution in [0, 0.1) is 0 Å². The number of rotatable bonds is 2. The van der Waals surface area contributed by atoms with E-state index in [1.54, 1.807) is 0 Å². The van der Waals surface area contributed by atoms with Crippen molar-refractivity contribution in [2.24, 2.45) is 0 Å². The van der Waals surface area contributed by atoms with Crippen molar-refractivity contribution >= 4 is 11.9 Å². The van der Waals surface area contributed by atoms with E-state index < -0.39 is 11.7 Å². The van der Waals surface area contributed by atoms with E-state index in [9.17, 15) is 9.90 Å². The zero-order valence-corrected chi connectivity index (χ0v) is 13.6. The van der Waals surface area contributed by atoms with Crippen LogP contribution >= 0.6 is 0 Å². The van der Waals surface area contributed by atoms with E-state index >= 15 is 0 Å². The van der Waals surface area contributed by atoms with Gasteiger partial charge in [0, 0.05) is 12.0 Å². The minimum absolute atomic E-state index is 0.0209. The lowest BCUT2D eigenvalue weighted by Crippen LogP contribution is -2.30. The molecular formula is C16H22N2O5. The van der Waals surface area contributed by atoms with Crippen LogP contribution in [0.25, 0.3) is 0 Å². The number of hydrogen-bond donors (Lipinski definition) is 2. The highest BCUT2D eigenvalue weighted by molar-refractivity contribution is 5.85. The minimum atomic E-state index is -0.574. The van der Waals surface area contributed by atoms with Crippen molar-refractivity contribution < 1.29 is 24.1 Å². The third kappa shape index (κ3) is 3.46. The molecule has 1 atom stereocenters. The molecule has 0 aliphatic carbocycles. The van der Waals surface area contributed by atoms with Gasteiger partial charge in [-0.2, -0.15) is 0 Å². The summed E-state index contributed by atoms with van der Waals surface area (Å²) in [5, 5.41) is 12.0. The van der Waals surface area contributed by atoms with Crippen LogP contribution in [0.1, 0.15) is 43.2 Å². The number of nitrogens with one attached hydrogen (secondary N) is 1. The number of ether oxygens (including phenoxy) is 3. The summed E-state index contributed by atoms with van der Waals surface area (Å²) in [6.45, 7) is 6.62. The van der Waals surface area contributed by atoms with E-state index in [4.69, 9.17) is 14.2 Å². The first kappa shape index (κ1) is 16.2. The van der Waals surface area contributed by atoms with Gasteiger partial charge in [0.1, 0.15) is 11.4 Å². The number of aromatic nitrogens is 1. The Kier molecular flexibility index (Phi) is 4.27. The SMILES string of the molecule is CC(C)(C)OC(=O)Nc1nc2c(c3c1COC3)C[C@H](CO)OC2. The number of aliphatic hydroxyl groups excluding tert-OH is 1. The van der Waals surface area contributed by atoms with E-state index in [-0.39, 0.29) is 12.7 Å². The maximum absolute atomic E-state index is 12.0. The van der Waals surface area contributed by atoms with Crippen molar-refractivity contribution in [2.45, 2.75) is 58.7 Å². The first-order valence-corrected chi connectivity index (χ1v) is 7.71. The fourth-order valence-electron chi connectivity index (χ4n) is 2.82. The van der Waals surface area contributed by atoms with Gasteiger partial charge in [0.25, 0.3) is 0 Å². The summed E-state index contributed by atoms with van der Waals surface area (Å²) in [6.07, 6.45) is -0.139. The predicted molar refractivity (Wildman–Crippen MR) is 82.0 cm³/mol. The summed E-state index contributed by atoms with van der Waals surface area (Å²) >= 11 is 0. The Bertz CT molecular complexity index is 624. The number of nitrogens with zero attached hydrogens (tertiary/aromatic N) is 1. The third-order valence-corrected chi connectivity index (χ3v) is 3.81. The molecular weight excluding hydrogens is 300 g/mol. The number of carbonyl (C=O) groups excluding carboxylic acids is 1. The molecule has 2 aliphatic rings. The molecule has 7 heteroatoms. The Balaban J connectivity index is 1.88. The molecule has 0 unspecified atom stereocenters. The molecule has 3 rings (SSSR count). The number of fused-ring (bicyclic) bond motifs is 3. The van der Waals surface area contributed by atoms with Crippen LogP contribution < -0.4 is 5.32 Å². The van der Waals surface area contributed by atoms with Gasteiger partial charge in [-0.15, -0.1) is 0 Å². The molecule has 23 heavy (non-hydrogen) atoms. The topological polar surface area (TPSA) is 89.9 Å². The number of hydrogen-bond acceptors (Lipinski definition) is 6. The molecule has 1 amide bonds. The summed E-state index contributed by atoms with van der Waals surface area (Å²) in [5.74, 6) is 0.469. The van der Waals surface area contributed by atoms with Gasteiger partial charge in [-0.25, -0.2) is 9.78 Å². The monoisotopic (exact) mass is 322 g/mol. The van der Waals surface area contributed by atoms with Crippen molar-refractivity contribution in [1.82, 2.24) is 4.98 Å². The summed E-state index contributed by atoms with van der Waals surface area (Å²) in [4.78, 5) is 16.5. The molecule has 2 N–H and O–H groups in total. The number of carbonyl (C=O) groups is 1. The molecule has 126 valence electrons. The Morgan fingerprint density at radius 1 is 1.30 bits per heavy atom. The van der Waals surface area contributed by atoms with Crippen LogP contribution in [-0.4, -0.2) is 34.5 Å². The van der Waals surface area contributed by atoms with Crippen molar-refractivity contribution in [3.63, 3.8) is 0 Å². The van der Waals surface area contributed by atoms with E-state index in [2.05, 4.69) is 10.3 Å². The van der Waals surface area contributed by atoms with Gasteiger partial charge in [0.05, 0.1) is 38.2 Å². The number of aliphatic hydroxyl groups is 1. The molecule has 0 saturated carbocycles. The maximum atomic E-state index is 12.0. The molecule has 1 aromatic heterocycles. The smallest absolute Gasteiger partial charge is 0.413 e. The first-order chi connectivity index (χ1) is 10.9. The number of pyridine rings is 1. The van der Waals surface area contributed by atoms with Crippen LogP contribution in [-0.2, 0) is 40.5 Å². The van der Waals surface area contributed by atoms with E-state index in [0.29, 0.717) is 32.1 Å². The fourth-order valence-corrected chi connectivity index (χ4v) is 2.82. The molecule has 7 nitrogen and oxygen atoms in total. The van der Waals surface area contributed by atoms with Crippen molar-refractivity contribution in [2.75, 3.05) is 11.9 Å². The van der Waals surface area contributed by atoms with Gasteiger partial charge < -0.3 is 19.3 Å². The van der Waals surface area contributed by atoms with Gasteiger partial charge in [-0.3, -0.25) is 5.32 Å². The molecule has 0 saturated heterocycles. The Hall–Kier alpha value is -1.70. The van der Waals surface area contributed by atoms with Crippen LogP contribution in [0.15, 0.2) is 0 Å². The van der Waals surface area contributed by atoms with Gasteiger partial charge in [0.2, 0.25) is 0 Å². The average Bonchev–Trinajstić information content (AvgIpc) is 2.95. The van der Waals surface area contributed by atoms with Crippen molar-refractivity contribution in [1.29, 1.82) is 0 Å². The summed E-state index contributed by atoms with van der Waals surface area (Å²) in [5.41, 5.74) is 3.20. The van der Waals surface area contributed by atoms with Crippen LogP contribution in [0.5, 0.6) is 0 Å². The number of amides is 1. The minimum Gasteiger partial charge on any atom is -0.444 e. The molecule has 0 bridgehead atoms. The molecule has 2 aliphatic heterocycles. The largest absolute Gasteiger partial charge is 0.444 e. The molecule has 0 radical (unpaired) electrons. The summed E-state index contributed by atoms with van der Waals surface area (Å²) in [7, 11) is 0. The van der Waals surface area contributed by atoms with E-state index in [1.807, 2.05) is 20.8 Å². The van der Waals surface area contributed by atoms with Crippen molar-refractivity contribution in [3.05, 3.63) is 22.4 Å². The Morgan fingerprint density at radius 3 is 2.74 bits per heavy atom. The second-order valence-corrected chi connectivity index (χ2v) is 6.78. The lowest BCUT2D eigenvalue weighted by molar-refractivity contribution is -0.00925. The third-order valence-electron chi connectivity index (χ3n) is 3.81. The van der Waals surface area contributed by atoms with Gasteiger partial charge in [-0.1, -0.05) is 0 Å². The van der Waals surface area contributed by atoms with Crippen LogP contribution in [0.2, 0.25) is 0 Å². The highest BCUT2D eigenvalue weighted by Crippen LogP contribution is 2.34. The van der Waals surface area contributed by atoms with Gasteiger partial charge in [0.15, 0.2) is 0 Å². The molecule has 0 spiro atoms. The fraction of sp³-hybridized carbons (Fsp3) is 0.625. The Labute approximate surface area is 135 Å². The Morgan fingerprint density at radius 2 is 2.04 bits per heavy atom. The van der Waals surface area contributed by atoms with Gasteiger partial charge in [-0.05, 0) is 31.9 Å². The van der Waals surface area contributed by atoms with Gasteiger partial charge >= 0.3 is 6.09 Å². The maximum Gasteiger partial charge on any atom is 0.413 e. The predicted octanol–water partition coefficient (Wildman–Crippen LogP) is 1.89. The lowest BCUT2D eigenvalue weighted by Gasteiger charge is -2.26.